The maximum Gasteiger partial charge on any atom is 0.226 e. The van der Waals surface area contributed by atoms with Crippen LogP contribution in [-0.2, 0) is 11.2 Å². The smallest absolute Gasteiger partial charge is 0.226 e. The monoisotopic (exact) mass is 306 g/mol. The van der Waals surface area contributed by atoms with Gasteiger partial charge in [0.2, 0.25) is 5.91 Å². The molecule has 0 atom stereocenters. The van der Waals surface area contributed by atoms with Crippen molar-refractivity contribution in [2.45, 2.75) is 39.2 Å². The Morgan fingerprint density at radius 1 is 1.38 bits per heavy atom. The van der Waals surface area contributed by atoms with E-state index in [0.29, 0.717) is 0 Å². The summed E-state index contributed by atoms with van der Waals surface area (Å²) < 4.78 is 13.2. The summed E-state index contributed by atoms with van der Waals surface area (Å²) >= 11 is 1.43. The molecule has 0 unspecified atom stereocenters. The number of aromatic nitrogens is 1. The lowest BCUT2D eigenvalue weighted by atomic mass is 10.1. The highest BCUT2D eigenvalue weighted by atomic mass is 32.1. The van der Waals surface area contributed by atoms with Crippen molar-refractivity contribution in [2.75, 3.05) is 0 Å². The van der Waals surface area contributed by atoms with Gasteiger partial charge in [-0.25, -0.2) is 9.37 Å². The Bertz CT molecular complexity index is 608. The molecule has 0 bridgehead atoms. The summed E-state index contributed by atoms with van der Waals surface area (Å²) in [6.07, 6.45) is 2.12. The molecule has 2 aromatic rings. The van der Waals surface area contributed by atoms with E-state index in [2.05, 4.69) is 24.1 Å². The van der Waals surface area contributed by atoms with E-state index < -0.39 is 0 Å². The molecule has 0 spiro atoms. The Kier molecular flexibility index (Phi) is 5.44. The highest BCUT2D eigenvalue weighted by Gasteiger charge is 2.12. The minimum Gasteiger partial charge on any atom is -0.353 e. The lowest BCUT2D eigenvalue weighted by molar-refractivity contribution is -0.121. The summed E-state index contributed by atoms with van der Waals surface area (Å²) in [6, 6.07) is 6.55. The molecule has 5 heteroatoms. The molecule has 2 rings (SSSR count). The highest BCUT2D eigenvalue weighted by molar-refractivity contribution is 7.13. The number of nitrogens with one attached hydrogen (secondary N) is 1. The predicted octanol–water partition coefficient (Wildman–Crippen LogP) is 3.80. The summed E-state index contributed by atoms with van der Waals surface area (Å²) in [4.78, 5) is 16.3. The molecule has 1 heterocycles. The van der Waals surface area contributed by atoms with Crippen molar-refractivity contribution in [3.05, 3.63) is 41.2 Å². The number of rotatable bonds is 6. The molecule has 112 valence electrons. The van der Waals surface area contributed by atoms with E-state index in [1.807, 2.05) is 11.4 Å². The standard InChI is InChI=1S/C16H19FN2OS/c1-3-13(4-2)18-15(20)9-14-10-21-16(19-14)11-6-5-7-12(17)8-11/h5-8,10,13H,3-4,9H2,1-2H3,(H,18,20). The molecule has 21 heavy (non-hydrogen) atoms. The Morgan fingerprint density at radius 2 is 2.14 bits per heavy atom. The van der Waals surface area contributed by atoms with E-state index in [1.54, 1.807) is 6.07 Å². The van der Waals surface area contributed by atoms with Crippen LogP contribution >= 0.6 is 11.3 Å². The van der Waals surface area contributed by atoms with Gasteiger partial charge in [0.1, 0.15) is 10.8 Å². The summed E-state index contributed by atoms with van der Waals surface area (Å²) in [7, 11) is 0. The van der Waals surface area contributed by atoms with E-state index >= 15 is 0 Å². The number of nitrogens with zero attached hydrogens (tertiary/aromatic N) is 1. The minimum absolute atomic E-state index is 0.0141. The first-order valence-electron chi connectivity index (χ1n) is 7.12. The van der Waals surface area contributed by atoms with Crippen LogP contribution < -0.4 is 5.32 Å². The molecule has 3 nitrogen and oxygen atoms in total. The highest BCUT2D eigenvalue weighted by Crippen LogP contribution is 2.24. The fourth-order valence-corrected chi connectivity index (χ4v) is 2.89. The molecule has 0 aliphatic heterocycles. The molecule has 1 aromatic heterocycles. The average molecular weight is 306 g/mol. The van der Waals surface area contributed by atoms with Crippen molar-refractivity contribution in [2.24, 2.45) is 0 Å². The maximum absolute atomic E-state index is 13.2. The van der Waals surface area contributed by atoms with Gasteiger partial charge >= 0.3 is 0 Å². The Morgan fingerprint density at radius 3 is 2.81 bits per heavy atom. The number of halogens is 1. The summed E-state index contributed by atoms with van der Waals surface area (Å²) in [6.45, 7) is 4.11. The van der Waals surface area contributed by atoms with Crippen molar-refractivity contribution in [1.82, 2.24) is 10.3 Å². The SMILES string of the molecule is CCC(CC)NC(=O)Cc1csc(-c2cccc(F)c2)n1. The van der Waals surface area contributed by atoms with Gasteiger partial charge in [-0.1, -0.05) is 26.0 Å². The van der Waals surface area contributed by atoms with Gasteiger partial charge in [0.05, 0.1) is 12.1 Å². The molecule has 0 fully saturated rings. The number of hydrogen-bond acceptors (Lipinski definition) is 3. The summed E-state index contributed by atoms with van der Waals surface area (Å²) in [5.41, 5.74) is 1.47. The van der Waals surface area contributed by atoms with Crippen LogP contribution in [0.1, 0.15) is 32.4 Å². The van der Waals surface area contributed by atoms with Crippen molar-refractivity contribution >= 4 is 17.2 Å². The lowest BCUT2D eigenvalue weighted by Gasteiger charge is -2.13. The number of carbonyl (C=O) groups excluding carboxylic acids is 1. The summed E-state index contributed by atoms with van der Waals surface area (Å²) in [5, 5.41) is 5.58. The fraction of sp³-hybridized carbons (Fsp3) is 0.375. The van der Waals surface area contributed by atoms with Gasteiger partial charge in [-0.15, -0.1) is 11.3 Å². The molecule has 1 aromatic carbocycles. The molecule has 0 saturated heterocycles. The van der Waals surface area contributed by atoms with Crippen LogP contribution in [0.5, 0.6) is 0 Å². The Hall–Kier alpha value is -1.75. The van der Waals surface area contributed by atoms with Crippen LogP contribution in [0, 0.1) is 5.82 Å². The quantitative estimate of drug-likeness (QED) is 0.882. The van der Waals surface area contributed by atoms with Gasteiger partial charge in [-0.2, -0.15) is 0 Å². The van der Waals surface area contributed by atoms with Gasteiger partial charge in [0.15, 0.2) is 0 Å². The lowest BCUT2D eigenvalue weighted by Crippen LogP contribution is -2.34. The van der Waals surface area contributed by atoms with Gasteiger partial charge in [0, 0.05) is 17.0 Å². The van der Waals surface area contributed by atoms with Crippen molar-refractivity contribution in [3.8, 4) is 10.6 Å². The first-order chi connectivity index (χ1) is 10.1. The zero-order valence-electron chi connectivity index (χ0n) is 12.2. The molecule has 0 aliphatic rings. The van der Waals surface area contributed by atoms with E-state index in [0.717, 1.165) is 29.1 Å². The molecular weight excluding hydrogens is 287 g/mol. The number of carbonyl (C=O) groups is 1. The Balaban J connectivity index is 2.02. The molecule has 0 saturated carbocycles. The number of thiazole rings is 1. The van der Waals surface area contributed by atoms with E-state index in [1.165, 1.54) is 23.5 Å². The number of hydrogen-bond donors (Lipinski definition) is 1. The maximum atomic E-state index is 13.2. The van der Waals surface area contributed by atoms with Crippen LogP contribution in [0.3, 0.4) is 0 Å². The normalized spacial score (nSPS) is 10.9. The second-order valence-corrected chi connectivity index (χ2v) is 5.77. The van der Waals surface area contributed by atoms with Crippen molar-refractivity contribution in [1.29, 1.82) is 0 Å². The summed E-state index contributed by atoms with van der Waals surface area (Å²) in [5.74, 6) is -0.296. The van der Waals surface area contributed by atoms with Crippen molar-refractivity contribution in [3.63, 3.8) is 0 Å². The van der Waals surface area contributed by atoms with E-state index in [9.17, 15) is 9.18 Å². The zero-order chi connectivity index (χ0) is 15.2. The predicted molar refractivity (Wildman–Crippen MR) is 83.7 cm³/mol. The second-order valence-electron chi connectivity index (χ2n) is 4.91. The third-order valence-corrected chi connectivity index (χ3v) is 4.26. The largest absolute Gasteiger partial charge is 0.353 e. The first-order valence-corrected chi connectivity index (χ1v) is 8.00. The van der Waals surface area contributed by atoms with Gasteiger partial charge in [0.25, 0.3) is 0 Å². The number of amides is 1. The third-order valence-electron chi connectivity index (χ3n) is 3.32. The van der Waals surface area contributed by atoms with Gasteiger partial charge in [-0.3, -0.25) is 4.79 Å². The number of benzene rings is 1. The average Bonchev–Trinajstić information content (AvgIpc) is 2.93. The minimum atomic E-state index is -0.282. The first kappa shape index (κ1) is 15.6. The van der Waals surface area contributed by atoms with E-state index in [-0.39, 0.29) is 24.2 Å². The molecule has 1 amide bonds. The topological polar surface area (TPSA) is 42.0 Å². The third kappa shape index (κ3) is 4.36. The molecular formula is C16H19FN2OS. The molecule has 1 N–H and O–H groups in total. The zero-order valence-corrected chi connectivity index (χ0v) is 13.0. The van der Waals surface area contributed by atoms with Crippen LogP contribution in [0.15, 0.2) is 29.6 Å². The van der Waals surface area contributed by atoms with Crippen LogP contribution in [0.2, 0.25) is 0 Å². The second kappa shape index (κ2) is 7.31. The molecule has 0 radical (unpaired) electrons. The fourth-order valence-electron chi connectivity index (χ4n) is 2.08. The molecule has 0 aliphatic carbocycles. The van der Waals surface area contributed by atoms with Gasteiger partial charge in [-0.05, 0) is 25.0 Å². The van der Waals surface area contributed by atoms with Crippen LogP contribution in [-0.4, -0.2) is 16.9 Å². The van der Waals surface area contributed by atoms with E-state index in [4.69, 9.17) is 0 Å². The van der Waals surface area contributed by atoms with Crippen LogP contribution in [0.4, 0.5) is 4.39 Å². The Labute approximate surface area is 128 Å². The van der Waals surface area contributed by atoms with Crippen molar-refractivity contribution < 1.29 is 9.18 Å². The van der Waals surface area contributed by atoms with Crippen LogP contribution in [0.25, 0.3) is 10.6 Å². The van der Waals surface area contributed by atoms with Gasteiger partial charge < -0.3 is 5.32 Å².